The summed E-state index contributed by atoms with van der Waals surface area (Å²) in [5, 5.41) is 14.2. The van der Waals surface area contributed by atoms with Gasteiger partial charge < -0.3 is 10.2 Å². The highest BCUT2D eigenvalue weighted by atomic mass is 16.6. The quantitative estimate of drug-likeness (QED) is 0.366. The molecule has 0 heterocycles. The predicted molar refractivity (Wildman–Crippen MR) is 116 cm³/mol. The average Bonchev–Trinajstić information content (AvgIpc) is 2.73. The van der Waals surface area contributed by atoms with Gasteiger partial charge >= 0.3 is 0 Å². The van der Waals surface area contributed by atoms with Gasteiger partial charge in [-0.05, 0) is 25.8 Å². The molecule has 0 saturated heterocycles. The summed E-state index contributed by atoms with van der Waals surface area (Å²) in [5.74, 6) is -0.561. The number of nitrogens with one attached hydrogen (secondary N) is 1. The summed E-state index contributed by atoms with van der Waals surface area (Å²) in [5.41, 5.74) is 2.23. The van der Waals surface area contributed by atoms with Crippen molar-refractivity contribution in [2.75, 3.05) is 6.54 Å². The molecule has 1 atom stereocenters. The number of nitrogens with zero attached hydrogens (tertiary/aromatic N) is 2. The zero-order valence-corrected chi connectivity index (χ0v) is 17.8. The van der Waals surface area contributed by atoms with Gasteiger partial charge in [-0.1, -0.05) is 61.4 Å². The summed E-state index contributed by atoms with van der Waals surface area (Å²) in [6.45, 7) is 6.51. The zero-order valence-electron chi connectivity index (χ0n) is 17.8. The van der Waals surface area contributed by atoms with E-state index in [0.29, 0.717) is 12.1 Å². The minimum atomic E-state index is -0.696. The van der Waals surface area contributed by atoms with Gasteiger partial charge in [0.15, 0.2) is 0 Å². The molecule has 2 rings (SSSR count). The van der Waals surface area contributed by atoms with Crippen LogP contribution in [-0.4, -0.2) is 34.2 Å². The smallest absolute Gasteiger partial charge is 0.273 e. The Morgan fingerprint density at radius 3 is 2.43 bits per heavy atom. The van der Waals surface area contributed by atoms with E-state index in [1.54, 1.807) is 25.1 Å². The number of nitro groups is 1. The van der Waals surface area contributed by atoms with Gasteiger partial charge in [0, 0.05) is 24.7 Å². The number of rotatable bonds is 10. The van der Waals surface area contributed by atoms with Crippen LogP contribution >= 0.6 is 0 Å². The van der Waals surface area contributed by atoms with E-state index >= 15 is 0 Å². The van der Waals surface area contributed by atoms with Gasteiger partial charge in [-0.15, -0.1) is 0 Å². The second-order valence-electron chi connectivity index (χ2n) is 7.39. The van der Waals surface area contributed by atoms with E-state index in [-0.39, 0.29) is 30.5 Å². The number of unbranched alkanes of at least 4 members (excludes halogenated alkanes) is 1. The summed E-state index contributed by atoms with van der Waals surface area (Å²) in [4.78, 5) is 38.1. The van der Waals surface area contributed by atoms with E-state index < -0.39 is 11.0 Å². The molecule has 0 bridgehead atoms. The fourth-order valence-corrected chi connectivity index (χ4v) is 3.11. The van der Waals surface area contributed by atoms with Crippen molar-refractivity contribution >= 4 is 17.5 Å². The number of hydrogen-bond acceptors (Lipinski definition) is 4. The molecule has 0 spiro atoms. The second kappa shape index (κ2) is 11.1. The van der Waals surface area contributed by atoms with Crippen LogP contribution in [0.15, 0.2) is 48.5 Å². The number of carbonyl (C=O) groups excluding carboxylic acids is 2. The fourth-order valence-electron chi connectivity index (χ4n) is 3.11. The van der Waals surface area contributed by atoms with Gasteiger partial charge in [0.1, 0.15) is 6.04 Å². The largest absolute Gasteiger partial charge is 0.354 e. The van der Waals surface area contributed by atoms with Crippen LogP contribution in [0.2, 0.25) is 0 Å². The first-order chi connectivity index (χ1) is 14.3. The summed E-state index contributed by atoms with van der Waals surface area (Å²) in [6.07, 6.45) is 1.68. The Balaban J connectivity index is 2.25. The molecular weight excluding hydrogens is 382 g/mol. The van der Waals surface area contributed by atoms with Gasteiger partial charge in [0.05, 0.1) is 11.3 Å². The van der Waals surface area contributed by atoms with Crippen molar-refractivity contribution in [3.05, 3.63) is 75.3 Å². The number of amides is 2. The summed E-state index contributed by atoms with van der Waals surface area (Å²) in [6, 6.07) is 13.2. The Morgan fingerprint density at radius 2 is 1.80 bits per heavy atom. The van der Waals surface area contributed by atoms with Crippen LogP contribution in [0, 0.1) is 17.0 Å². The first kappa shape index (κ1) is 23.1. The molecule has 2 aromatic rings. The number of nitro benzene ring substituents is 1. The molecule has 0 aliphatic rings. The molecule has 0 aromatic heterocycles. The van der Waals surface area contributed by atoms with Crippen molar-refractivity contribution in [2.45, 2.75) is 52.6 Å². The maximum absolute atomic E-state index is 13.2. The van der Waals surface area contributed by atoms with Crippen LogP contribution in [0.5, 0.6) is 0 Å². The van der Waals surface area contributed by atoms with E-state index in [2.05, 4.69) is 5.32 Å². The maximum atomic E-state index is 13.2. The molecule has 0 fully saturated rings. The number of para-hydroxylation sites is 1. The van der Waals surface area contributed by atoms with Crippen molar-refractivity contribution in [2.24, 2.45) is 0 Å². The topological polar surface area (TPSA) is 92.6 Å². The van der Waals surface area contributed by atoms with E-state index in [9.17, 15) is 19.7 Å². The average molecular weight is 412 g/mol. The molecule has 0 aliphatic heterocycles. The number of benzene rings is 2. The van der Waals surface area contributed by atoms with E-state index in [1.807, 2.05) is 38.1 Å². The highest BCUT2D eigenvalue weighted by molar-refractivity contribution is 5.88. The zero-order chi connectivity index (χ0) is 22.1. The molecule has 30 heavy (non-hydrogen) atoms. The minimum Gasteiger partial charge on any atom is -0.354 e. The van der Waals surface area contributed by atoms with Crippen LogP contribution in [0.3, 0.4) is 0 Å². The van der Waals surface area contributed by atoms with Crippen LogP contribution in [0.1, 0.15) is 43.4 Å². The van der Waals surface area contributed by atoms with E-state index in [1.165, 1.54) is 11.0 Å². The standard InChI is InChI=1S/C23H29N3O4/c1-4-5-14-24-23(28)18(3)25(16-19-12-10-17(2)11-13-19)22(27)15-20-8-6-7-9-21(20)26(29)30/h6-13,18H,4-5,14-16H2,1-3H3,(H,24,28)/t18-/m1/s1. The van der Waals surface area contributed by atoms with Crippen LogP contribution in [-0.2, 0) is 22.6 Å². The Morgan fingerprint density at radius 1 is 1.13 bits per heavy atom. The fraction of sp³-hybridized carbons (Fsp3) is 0.391. The third kappa shape index (κ3) is 6.40. The highest BCUT2D eigenvalue weighted by Crippen LogP contribution is 2.20. The van der Waals surface area contributed by atoms with Gasteiger partial charge in [-0.2, -0.15) is 0 Å². The molecule has 2 aromatic carbocycles. The van der Waals surface area contributed by atoms with Crippen molar-refractivity contribution < 1.29 is 14.5 Å². The molecule has 0 unspecified atom stereocenters. The van der Waals surface area contributed by atoms with Crippen molar-refractivity contribution in [1.82, 2.24) is 10.2 Å². The molecule has 0 radical (unpaired) electrons. The van der Waals surface area contributed by atoms with Crippen LogP contribution in [0.25, 0.3) is 0 Å². The first-order valence-electron chi connectivity index (χ1n) is 10.2. The lowest BCUT2D eigenvalue weighted by atomic mass is 10.1. The molecular formula is C23H29N3O4. The Bertz CT molecular complexity index is 880. The lowest BCUT2D eigenvalue weighted by Crippen LogP contribution is -2.48. The normalized spacial score (nSPS) is 11.6. The van der Waals surface area contributed by atoms with Gasteiger partial charge in [-0.25, -0.2) is 0 Å². The van der Waals surface area contributed by atoms with Gasteiger partial charge in [0.2, 0.25) is 11.8 Å². The lowest BCUT2D eigenvalue weighted by molar-refractivity contribution is -0.385. The molecule has 7 nitrogen and oxygen atoms in total. The lowest BCUT2D eigenvalue weighted by Gasteiger charge is -2.29. The van der Waals surface area contributed by atoms with Crippen LogP contribution < -0.4 is 5.32 Å². The third-order valence-electron chi connectivity index (χ3n) is 5.00. The van der Waals surface area contributed by atoms with E-state index in [4.69, 9.17) is 0 Å². The molecule has 0 aliphatic carbocycles. The highest BCUT2D eigenvalue weighted by Gasteiger charge is 2.27. The molecule has 1 N–H and O–H groups in total. The van der Waals surface area contributed by atoms with Crippen molar-refractivity contribution in [3.8, 4) is 0 Å². The van der Waals surface area contributed by atoms with E-state index in [0.717, 1.165) is 24.0 Å². The summed E-state index contributed by atoms with van der Waals surface area (Å²) < 4.78 is 0. The van der Waals surface area contributed by atoms with Crippen LogP contribution in [0.4, 0.5) is 5.69 Å². The van der Waals surface area contributed by atoms with Gasteiger partial charge in [-0.3, -0.25) is 19.7 Å². The number of aryl methyl sites for hydroxylation is 1. The summed E-state index contributed by atoms with van der Waals surface area (Å²) >= 11 is 0. The monoisotopic (exact) mass is 411 g/mol. The maximum Gasteiger partial charge on any atom is 0.273 e. The Hall–Kier alpha value is -3.22. The molecule has 7 heteroatoms. The number of hydrogen-bond donors (Lipinski definition) is 1. The Kier molecular flexibility index (Phi) is 8.53. The van der Waals surface area contributed by atoms with Crippen molar-refractivity contribution in [3.63, 3.8) is 0 Å². The SMILES string of the molecule is CCCCNC(=O)[C@@H](C)N(Cc1ccc(C)cc1)C(=O)Cc1ccccc1[N+](=O)[O-]. The second-order valence-corrected chi connectivity index (χ2v) is 7.39. The molecule has 2 amide bonds. The minimum absolute atomic E-state index is 0.0961. The third-order valence-corrected chi connectivity index (χ3v) is 5.00. The van der Waals surface area contributed by atoms with Crippen molar-refractivity contribution in [1.29, 1.82) is 0 Å². The first-order valence-corrected chi connectivity index (χ1v) is 10.2. The molecule has 160 valence electrons. The summed E-state index contributed by atoms with van der Waals surface area (Å²) in [7, 11) is 0. The number of carbonyl (C=O) groups is 2. The predicted octanol–water partition coefficient (Wildman–Crippen LogP) is 3.78. The Labute approximate surface area is 177 Å². The van der Waals surface area contributed by atoms with Gasteiger partial charge in [0.25, 0.3) is 5.69 Å². The molecule has 0 saturated carbocycles.